The number of hydrogen-bond donors (Lipinski definition) is 1. The maximum Gasteiger partial charge on any atom is 0.244 e. The number of anilines is 1. The largest absolute Gasteiger partial charge is 0.337 e. The van der Waals surface area contributed by atoms with E-state index >= 15 is 0 Å². The van der Waals surface area contributed by atoms with Gasteiger partial charge in [-0.25, -0.2) is 0 Å². The van der Waals surface area contributed by atoms with E-state index in [1.54, 1.807) is 10.8 Å². The molecule has 3 aromatic rings. The minimum atomic E-state index is -0.128. The van der Waals surface area contributed by atoms with Crippen molar-refractivity contribution in [3.63, 3.8) is 0 Å². The van der Waals surface area contributed by atoms with Crippen molar-refractivity contribution in [2.45, 2.75) is 13.5 Å². The summed E-state index contributed by atoms with van der Waals surface area (Å²) in [6.45, 7) is 2.10. The molecule has 5 heteroatoms. The number of hydrogen-bond acceptors (Lipinski definition) is 2. The summed E-state index contributed by atoms with van der Waals surface area (Å²) >= 11 is 3.40. The van der Waals surface area contributed by atoms with Crippen molar-refractivity contribution in [2.75, 3.05) is 5.32 Å². The van der Waals surface area contributed by atoms with E-state index in [-0.39, 0.29) is 12.5 Å². The number of aromatic nitrogens is 1. The van der Waals surface area contributed by atoms with Gasteiger partial charge < -0.3 is 9.88 Å². The Labute approximate surface area is 142 Å². The Bertz CT molecular complexity index is 899. The molecule has 1 aromatic heterocycles. The highest BCUT2D eigenvalue weighted by Gasteiger charge is 2.12. The zero-order valence-corrected chi connectivity index (χ0v) is 14.1. The van der Waals surface area contributed by atoms with Crippen LogP contribution in [0.2, 0.25) is 0 Å². The fraction of sp³-hybridized carbons (Fsp3) is 0.111. The molecule has 116 valence electrons. The summed E-state index contributed by atoms with van der Waals surface area (Å²) in [5.41, 5.74) is 3.24. The maximum atomic E-state index is 12.3. The molecule has 23 heavy (non-hydrogen) atoms. The minimum Gasteiger partial charge on any atom is -0.337 e. The number of rotatable bonds is 4. The fourth-order valence-corrected chi connectivity index (χ4v) is 2.94. The third-order valence-electron chi connectivity index (χ3n) is 3.73. The molecule has 4 nitrogen and oxygen atoms in total. The van der Waals surface area contributed by atoms with Crippen LogP contribution in [0.1, 0.15) is 15.9 Å². The maximum absolute atomic E-state index is 12.3. The van der Waals surface area contributed by atoms with Crippen LogP contribution >= 0.6 is 15.9 Å². The molecular formula is C18H15BrN2O2. The molecule has 0 aliphatic carbocycles. The van der Waals surface area contributed by atoms with Crippen LogP contribution in [0.25, 0.3) is 10.9 Å². The number of para-hydroxylation sites is 1. The van der Waals surface area contributed by atoms with Gasteiger partial charge in [0.2, 0.25) is 5.91 Å². The Balaban J connectivity index is 1.88. The summed E-state index contributed by atoms with van der Waals surface area (Å²) in [4.78, 5) is 23.6. The molecule has 0 spiro atoms. The van der Waals surface area contributed by atoms with Crippen LogP contribution in [-0.2, 0) is 11.3 Å². The summed E-state index contributed by atoms with van der Waals surface area (Å²) in [6.07, 6.45) is 2.52. The quantitative estimate of drug-likeness (QED) is 0.700. The van der Waals surface area contributed by atoms with Crippen LogP contribution < -0.4 is 5.32 Å². The lowest BCUT2D eigenvalue weighted by atomic mass is 10.2. The summed E-state index contributed by atoms with van der Waals surface area (Å²) in [5.74, 6) is -0.128. The second-order valence-corrected chi connectivity index (χ2v) is 6.27. The molecule has 0 saturated carbocycles. The summed E-state index contributed by atoms with van der Waals surface area (Å²) in [5, 5.41) is 3.74. The topological polar surface area (TPSA) is 51.1 Å². The molecule has 0 unspecified atom stereocenters. The second kappa shape index (κ2) is 6.38. The van der Waals surface area contributed by atoms with Gasteiger partial charge in [0.15, 0.2) is 6.29 Å². The van der Waals surface area contributed by atoms with E-state index in [0.717, 1.165) is 32.9 Å². The first-order chi connectivity index (χ1) is 11.1. The highest BCUT2D eigenvalue weighted by molar-refractivity contribution is 9.10. The Morgan fingerprint density at radius 1 is 1.26 bits per heavy atom. The van der Waals surface area contributed by atoms with E-state index in [0.29, 0.717) is 5.56 Å². The van der Waals surface area contributed by atoms with Gasteiger partial charge in [0.1, 0.15) is 6.54 Å². The van der Waals surface area contributed by atoms with Gasteiger partial charge in [0.25, 0.3) is 0 Å². The molecule has 0 atom stereocenters. The summed E-state index contributed by atoms with van der Waals surface area (Å²) in [7, 11) is 0. The van der Waals surface area contributed by atoms with Crippen LogP contribution in [0.15, 0.2) is 53.1 Å². The molecular weight excluding hydrogens is 356 g/mol. The van der Waals surface area contributed by atoms with Gasteiger partial charge in [-0.3, -0.25) is 9.59 Å². The predicted octanol–water partition coefficient (Wildman–Crippen LogP) is 4.16. The van der Waals surface area contributed by atoms with Gasteiger partial charge in [-0.05, 0) is 36.8 Å². The van der Waals surface area contributed by atoms with Gasteiger partial charge in [0, 0.05) is 32.8 Å². The van der Waals surface area contributed by atoms with Gasteiger partial charge in [-0.1, -0.05) is 34.1 Å². The normalized spacial score (nSPS) is 10.7. The highest BCUT2D eigenvalue weighted by Crippen LogP contribution is 2.24. The molecule has 2 aromatic carbocycles. The number of carbonyl (C=O) groups excluding carboxylic acids is 2. The Hall–Kier alpha value is -2.40. The van der Waals surface area contributed by atoms with Crippen molar-refractivity contribution in [3.05, 3.63) is 64.3 Å². The van der Waals surface area contributed by atoms with Crippen molar-refractivity contribution in [1.82, 2.24) is 4.57 Å². The molecule has 0 saturated heterocycles. The van der Waals surface area contributed by atoms with Gasteiger partial charge in [-0.15, -0.1) is 0 Å². The number of nitrogens with one attached hydrogen (secondary N) is 1. The van der Waals surface area contributed by atoms with Gasteiger partial charge in [-0.2, -0.15) is 0 Å². The van der Waals surface area contributed by atoms with Gasteiger partial charge >= 0.3 is 0 Å². The van der Waals surface area contributed by atoms with Crippen molar-refractivity contribution in [2.24, 2.45) is 0 Å². The van der Waals surface area contributed by atoms with Crippen molar-refractivity contribution in [1.29, 1.82) is 0 Å². The van der Waals surface area contributed by atoms with E-state index in [2.05, 4.69) is 21.2 Å². The lowest BCUT2D eigenvalue weighted by Crippen LogP contribution is -2.18. The molecule has 1 N–H and O–H groups in total. The van der Waals surface area contributed by atoms with E-state index in [1.807, 2.05) is 49.4 Å². The first-order valence-electron chi connectivity index (χ1n) is 7.17. The number of aryl methyl sites for hydroxylation is 1. The molecule has 1 amide bonds. The average Bonchev–Trinajstić information content (AvgIpc) is 2.86. The number of halogens is 1. The van der Waals surface area contributed by atoms with E-state index in [1.165, 1.54) is 0 Å². The lowest BCUT2D eigenvalue weighted by Gasteiger charge is -2.09. The molecule has 0 fully saturated rings. The number of fused-ring (bicyclic) bond motifs is 1. The third kappa shape index (κ3) is 3.19. The number of carbonyl (C=O) groups is 2. The van der Waals surface area contributed by atoms with Crippen LogP contribution in [0.3, 0.4) is 0 Å². The van der Waals surface area contributed by atoms with Crippen LogP contribution in [0.4, 0.5) is 5.69 Å². The predicted molar refractivity (Wildman–Crippen MR) is 94.8 cm³/mol. The SMILES string of the molecule is Cc1ccccc1NC(=O)Cn1cc(C=O)c2cc(Br)ccc21. The number of benzene rings is 2. The Kier molecular flexibility index (Phi) is 4.30. The van der Waals surface area contributed by atoms with Crippen LogP contribution in [0, 0.1) is 6.92 Å². The van der Waals surface area contributed by atoms with Crippen molar-refractivity contribution in [3.8, 4) is 0 Å². The minimum absolute atomic E-state index is 0.128. The van der Waals surface area contributed by atoms with Gasteiger partial charge in [0.05, 0.1) is 0 Å². The van der Waals surface area contributed by atoms with E-state index in [9.17, 15) is 9.59 Å². The number of aldehydes is 1. The molecule has 0 bridgehead atoms. The fourth-order valence-electron chi connectivity index (χ4n) is 2.58. The molecule has 1 heterocycles. The molecule has 3 rings (SSSR count). The second-order valence-electron chi connectivity index (χ2n) is 5.35. The molecule has 0 aliphatic rings. The smallest absolute Gasteiger partial charge is 0.244 e. The van der Waals surface area contributed by atoms with Crippen molar-refractivity contribution >= 4 is 44.7 Å². The monoisotopic (exact) mass is 370 g/mol. The van der Waals surface area contributed by atoms with E-state index in [4.69, 9.17) is 0 Å². The Morgan fingerprint density at radius 2 is 2.04 bits per heavy atom. The van der Waals surface area contributed by atoms with E-state index < -0.39 is 0 Å². The summed E-state index contributed by atoms with van der Waals surface area (Å²) in [6, 6.07) is 13.3. The lowest BCUT2D eigenvalue weighted by molar-refractivity contribution is -0.116. The van der Waals surface area contributed by atoms with Crippen LogP contribution in [-0.4, -0.2) is 16.8 Å². The zero-order valence-electron chi connectivity index (χ0n) is 12.5. The Morgan fingerprint density at radius 3 is 2.78 bits per heavy atom. The van der Waals surface area contributed by atoms with Crippen molar-refractivity contribution < 1.29 is 9.59 Å². The zero-order chi connectivity index (χ0) is 16.4. The summed E-state index contributed by atoms with van der Waals surface area (Å²) < 4.78 is 2.69. The molecule has 0 radical (unpaired) electrons. The first-order valence-corrected chi connectivity index (χ1v) is 7.97. The first kappa shape index (κ1) is 15.5. The highest BCUT2D eigenvalue weighted by atomic mass is 79.9. The standard InChI is InChI=1S/C18H15BrN2O2/c1-12-4-2-3-5-16(12)20-18(23)10-21-9-13(11-22)15-8-14(19)6-7-17(15)21/h2-9,11H,10H2,1H3,(H,20,23). The number of nitrogens with zero attached hydrogens (tertiary/aromatic N) is 1. The number of amides is 1. The third-order valence-corrected chi connectivity index (χ3v) is 4.23. The molecule has 0 aliphatic heterocycles. The van der Waals surface area contributed by atoms with Crippen LogP contribution in [0.5, 0.6) is 0 Å². The average molecular weight is 371 g/mol.